The van der Waals surface area contributed by atoms with E-state index in [-0.39, 0.29) is 11.9 Å². The van der Waals surface area contributed by atoms with Crippen LogP contribution in [0.15, 0.2) is 43.4 Å². The van der Waals surface area contributed by atoms with Gasteiger partial charge in [0.2, 0.25) is 5.91 Å². The maximum absolute atomic E-state index is 11.7. The number of carbonyl (C=O) groups is 1. The van der Waals surface area contributed by atoms with Gasteiger partial charge in [-0.3, -0.25) is 4.79 Å². The van der Waals surface area contributed by atoms with Crippen LogP contribution in [0.1, 0.15) is 25.3 Å². The summed E-state index contributed by atoms with van der Waals surface area (Å²) in [6, 6.07) is 0.619. The summed E-state index contributed by atoms with van der Waals surface area (Å²) in [7, 11) is 2.07. The molecule has 1 unspecified atom stereocenters. The minimum atomic E-state index is 0.00492. The summed E-state index contributed by atoms with van der Waals surface area (Å²) < 4.78 is 0. The van der Waals surface area contributed by atoms with E-state index in [2.05, 4.69) is 59.1 Å². The second kappa shape index (κ2) is 7.50. The molecule has 4 heterocycles. The van der Waals surface area contributed by atoms with Crippen molar-refractivity contribution in [2.24, 2.45) is 0 Å². The molecule has 0 bridgehead atoms. The first-order valence-corrected chi connectivity index (χ1v) is 9.69. The fraction of sp³-hybridized carbons (Fsp3) is 0.381. The Morgan fingerprint density at radius 3 is 2.89 bits per heavy atom. The number of carbonyl (C=O) groups excluding carboxylic acids is 1. The quantitative estimate of drug-likeness (QED) is 0.800. The number of piperidine rings is 1. The molecule has 7 heteroatoms. The molecule has 146 valence electrons. The first-order valence-electron chi connectivity index (χ1n) is 9.69. The minimum Gasteiger partial charge on any atom is -0.374 e. The highest BCUT2D eigenvalue weighted by atomic mass is 16.2. The number of amides is 1. The first kappa shape index (κ1) is 18.3. The number of anilines is 1. The van der Waals surface area contributed by atoms with Crippen molar-refractivity contribution in [3.63, 3.8) is 0 Å². The third-order valence-corrected chi connectivity index (χ3v) is 5.58. The Morgan fingerprint density at radius 2 is 2.18 bits per heavy atom. The van der Waals surface area contributed by atoms with Crippen LogP contribution in [0.3, 0.4) is 0 Å². The molecule has 7 nitrogen and oxygen atoms in total. The molecule has 1 saturated heterocycles. The Morgan fingerprint density at radius 1 is 1.39 bits per heavy atom. The van der Waals surface area contributed by atoms with Gasteiger partial charge >= 0.3 is 0 Å². The van der Waals surface area contributed by atoms with Gasteiger partial charge < -0.3 is 20.1 Å². The molecular formula is C21H26N6O. The molecule has 28 heavy (non-hydrogen) atoms. The van der Waals surface area contributed by atoms with Crippen LogP contribution in [0.25, 0.3) is 16.7 Å². The predicted molar refractivity (Wildman–Crippen MR) is 112 cm³/mol. The molecule has 0 spiro atoms. The van der Waals surface area contributed by atoms with Crippen LogP contribution < -0.4 is 5.32 Å². The van der Waals surface area contributed by atoms with Crippen molar-refractivity contribution in [3.8, 4) is 0 Å². The topological polar surface area (TPSA) is 77.2 Å². The average molecular weight is 378 g/mol. The normalized spacial score (nSPS) is 20.4. The van der Waals surface area contributed by atoms with E-state index in [1.165, 1.54) is 6.08 Å². The zero-order valence-electron chi connectivity index (χ0n) is 16.4. The average Bonchev–Trinajstić information content (AvgIpc) is 3.13. The molecule has 2 aliphatic heterocycles. The van der Waals surface area contributed by atoms with Crippen molar-refractivity contribution in [1.29, 1.82) is 0 Å². The lowest BCUT2D eigenvalue weighted by Gasteiger charge is -2.31. The van der Waals surface area contributed by atoms with Gasteiger partial charge in [-0.2, -0.15) is 0 Å². The van der Waals surface area contributed by atoms with Crippen molar-refractivity contribution in [2.45, 2.75) is 31.8 Å². The zero-order chi connectivity index (χ0) is 19.7. The number of fused-ring (bicyclic) bond motifs is 1. The molecule has 0 saturated carbocycles. The van der Waals surface area contributed by atoms with Crippen molar-refractivity contribution >= 4 is 28.5 Å². The summed E-state index contributed by atoms with van der Waals surface area (Å²) >= 11 is 0. The van der Waals surface area contributed by atoms with Crippen LogP contribution >= 0.6 is 0 Å². The van der Waals surface area contributed by atoms with Gasteiger partial charge in [-0.25, -0.2) is 9.97 Å². The van der Waals surface area contributed by atoms with E-state index in [1.807, 2.05) is 11.1 Å². The second-order valence-electron chi connectivity index (χ2n) is 7.45. The maximum Gasteiger partial charge on any atom is 0.245 e. The highest BCUT2D eigenvalue weighted by Crippen LogP contribution is 2.28. The molecule has 1 atom stereocenters. The molecule has 0 aromatic carbocycles. The number of hydrogen-bond acceptors (Lipinski definition) is 5. The Kier molecular flexibility index (Phi) is 4.90. The highest BCUT2D eigenvalue weighted by Gasteiger charge is 2.22. The smallest absolute Gasteiger partial charge is 0.245 e. The molecule has 0 radical (unpaired) electrons. The van der Waals surface area contributed by atoms with E-state index >= 15 is 0 Å². The highest BCUT2D eigenvalue weighted by molar-refractivity contribution is 5.91. The monoisotopic (exact) mass is 378 g/mol. The van der Waals surface area contributed by atoms with Crippen LogP contribution in [-0.4, -0.2) is 62.9 Å². The zero-order valence-corrected chi connectivity index (χ0v) is 16.4. The number of nitrogens with zero attached hydrogens (tertiary/aromatic N) is 4. The number of aromatic nitrogens is 3. The lowest BCUT2D eigenvalue weighted by Crippen LogP contribution is -2.41. The summed E-state index contributed by atoms with van der Waals surface area (Å²) in [5, 5.41) is 3.49. The number of hydrogen-bond donors (Lipinski definition) is 2. The van der Waals surface area contributed by atoms with Gasteiger partial charge in [-0.15, -0.1) is 0 Å². The molecule has 2 N–H and O–H groups in total. The largest absolute Gasteiger partial charge is 0.374 e. The van der Waals surface area contributed by atoms with E-state index in [9.17, 15) is 4.79 Å². The molecule has 1 amide bonds. The minimum absolute atomic E-state index is 0.00492. The third kappa shape index (κ3) is 3.52. The van der Waals surface area contributed by atoms with Crippen molar-refractivity contribution in [3.05, 3.63) is 49.0 Å². The van der Waals surface area contributed by atoms with Crippen molar-refractivity contribution in [2.75, 3.05) is 25.5 Å². The number of rotatable bonds is 4. The Balaban J connectivity index is 1.51. The SMILES string of the molecule is C=CC(=O)N1CCC(Nc2cnc3[nH]cc(C4=CC(C)N(C)C=C4)c3n2)CC1. The number of allylic oxidation sites excluding steroid dienone is 2. The van der Waals surface area contributed by atoms with E-state index in [0.717, 1.165) is 54.0 Å². The van der Waals surface area contributed by atoms with Crippen LogP contribution in [0, 0.1) is 0 Å². The van der Waals surface area contributed by atoms with E-state index < -0.39 is 0 Å². The Labute approximate surface area is 164 Å². The summed E-state index contributed by atoms with van der Waals surface area (Å²) in [6.07, 6.45) is 13.3. The predicted octanol–water partition coefficient (Wildman–Crippen LogP) is 2.78. The van der Waals surface area contributed by atoms with E-state index in [1.54, 1.807) is 6.20 Å². The molecule has 2 aliphatic rings. The molecule has 1 fully saturated rings. The number of aromatic amines is 1. The number of likely N-dealkylation sites (N-methyl/N-ethyl adjacent to an activating group) is 1. The van der Waals surface area contributed by atoms with Crippen LogP contribution in [-0.2, 0) is 4.79 Å². The second-order valence-corrected chi connectivity index (χ2v) is 7.45. The van der Waals surface area contributed by atoms with E-state index in [0.29, 0.717) is 6.04 Å². The molecular weight excluding hydrogens is 352 g/mol. The Hall–Kier alpha value is -3.09. The van der Waals surface area contributed by atoms with Gasteiger partial charge in [0.15, 0.2) is 5.65 Å². The standard InChI is InChI=1S/C21H26N6O/c1-4-19(28)27-9-6-16(7-10-27)24-18-13-23-21-20(25-18)17(12-22-21)15-5-8-26(3)14(2)11-15/h4-5,8,11-14,16H,1,6-7,9-10H2,2-3H3,(H,22,23)(H,24,25). The van der Waals surface area contributed by atoms with Crippen molar-refractivity contribution in [1.82, 2.24) is 24.8 Å². The van der Waals surface area contributed by atoms with Crippen LogP contribution in [0.2, 0.25) is 0 Å². The van der Waals surface area contributed by atoms with Crippen LogP contribution in [0.5, 0.6) is 0 Å². The summed E-state index contributed by atoms with van der Waals surface area (Å²) in [4.78, 5) is 28.3. The van der Waals surface area contributed by atoms with Gasteiger partial charge in [-0.1, -0.05) is 12.7 Å². The molecule has 0 aliphatic carbocycles. The fourth-order valence-electron chi connectivity index (χ4n) is 3.71. The molecule has 2 aromatic heterocycles. The van der Waals surface area contributed by atoms with Gasteiger partial charge in [-0.05, 0) is 43.7 Å². The summed E-state index contributed by atoms with van der Waals surface area (Å²) in [6.45, 7) is 7.19. The first-order chi connectivity index (χ1) is 13.5. The lowest BCUT2D eigenvalue weighted by atomic mass is 10.0. The summed E-state index contributed by atoms with van der Waals surface area (Å²) in [5.74, 6) is 0.776. The third-order valence-electron chi connectivity index (χ3n) is 5.58. The Bertz CT molecular complexity index is 951. The number of nitrogens with one attached hydrogen (secondary N) is 2. The van der Waals surface area contributed by atoms with Gasteiger partial charge in [0.25, 0.3) is 0 Å². The number of likely N-dealkylation sites (tertiary alicyclic amines) is 1. The van der Waals surface area contributed by atoms with Crippen molar-refractivity contribution < 1.29 is 4.79 Å². The lowest BCUT2D eigenvalue weighted by molar-refractivity contribution is -0.126. The van der Waals surface area contributed by atoms with Gasteiger partial charge in [0, 0.05) is 44.0 Å². The molecule has 4 rings (SSSR count). The fourth-order valence-corrected chi connectivity index (χ4v) is 3.71. The van der Waals surface area contributed by atoms with E-state index in [4.69, 9.17) is 4.98 Å². The summed E-state index contributed by atoms with van der Waals surface area (Å²) in [5.41, 5.74) is 3.87. The number of H-pyrrole nitrogens is 1. The van der Waals surface area contributed by atoms with Gasteiger partial charge in [0.1, 0.15) is 11.3 Å². The maximum atomic E-state index is 11.7. The van der Waals surface area contributed by atoms with Crippen LogP contribution in [0.4, 0.5) is 5.82 Å². The molecule has 2 aromatic rings. The van der Waals surface area contributed by atoms with Gasteiger partial charge in [0.05, 0.1) is 6.20 Å².